The van der Waals surface area contributed by atoms with Crippen LogP contribution in [0.3, 0.4) is 0 Å². The van der Waals surface area contributed by atoms with Crippen molar-refractivity contribution in [3.63, 3.8) is 0 Å². The summed E-state index contributed by atoms with van der Waals surface area (Å²) in [4.78, 5) is 22.1. The molecular formula is C17H19O5. The first-order valence-corrected chi connectivity index (χ1v) is 7.10. The van der Waals surface area contributed by atoms with E-state index >= 15 is 0 Å². The molecule has 1 aromatic carbocycles. The molecule has 0 unspecified atom stereocenters. The average molecular weight is 303 g/mol. The minimum Gasteiger partial charge on any atom is -0.507 e. The highest BCUT2D eigenvalue weighted by molar-refractivity contribution is 5.98. The van der Waals surface area contributed by atoms with Gasteiger partial charge in [0.1, 0.15) is 23.7 Å². The molecule has 0 fully saturated rings. The summed E-state index contributed by atoms with van der Waals surface area (Å²) in [5.41, 5.74) is 3.31. The highest BCUT2D eigenvalue weighted by atomic mass is 16.5. The van der Waals surface area contributed by atoms with Crippen molar-refractivity contribution in [3.8, 4) is 11.5 Å². The number of phenols is 1. The maximum atomic E-state index is 11.8. The van der Waals surface area contributed by atoms with Crippen LogP contribution in [0.5, 0.6) is 11.5 Å². The van der Waals surface area contributed by atoms with Crippen molar-refractivity contribution in [3.05, 3.63) is 33.9 Å². The number of esters is 1. The van der Waals surface area contributed by atoms with E-state index in [2.05, 4.69) is 0 Å². The molecular weight excluding hydrogens is 284 g/mol. The van der Waals surface area contributed by atoms with E-state index in [0.717, 1.165) is 11.1 Å². The maximum Gasteiger partial charge on any atom is 0.342 e. The van der Waals surface area contributed by atoms with Crippen LogP contribution in [0.15, 0.2) is 11.6 Å². The van der Waals surface area contributed by atoms with Gasteiger partial charge in [-0.2, -0.15) is 0 Å². The number of methoxy groups -OCH3 is 1. The fourth-order valence-corrected chi connectivity index (χ4v) is 2.65. The molecule has 1 N–H and O–H groups in total. The van der Waals surface area contributed by atoms with Gasteiger partial charge in [-0.15, -0.1) is 0 Å². The molecule has 1 aliphatic rings. The zero-order chi connectivity index (χ0) is 16.3. The highest BCUT2D eigenvalue weighted by Gasteiger charge is 2.31. The van der Waals surface area contributed by atoms with Gasteiger partial charge in [0.2, 0.25) is 0 Å². The monoisotopic (exact) mass is 303 g/mol. The summed E-state index contributed by atoms with van der Waals surface area (Å²) < 4.78 is 10.4. The smallest absolute Gasteiger partial charge is 0.342 e. The Kier molecular flexibility index (Phi) is 4.85. The Morgan fingerprint density at radius 1 is 1.50 bits per heavy atom. The molecule has 1 radical (unpaired) electrons. The van der Waals surface area contributed by atoms with E-state index in [4.69, 9.17) is 9.47 Å². The fourth-order valence-electron chi connectivity index (χ4n) is 2.65. The first kappa shape index (κ1) is 16.1. The van der Waals surface area contributed by atoms with Crippen molar-refractivity contribution >= 4 is 12.3 Å². The summed E-state index contributed by atoms with van der Waals surface area (Å²) >= 11 is 0. The molecule has 0 atom stereocenters. The molecule has 22 heavy (non-hydrogen) atoms. The molecule has 0 saturated carbocycles. The molecule has 0 amide bonds. The molecule has 1 aromatic rings. The van der Waals surface area contributed by atoms with Gasteiger partial charge in [0.25, 0.3) is 0 Å². The number of rotatable bonds is 6. The van der Waals surface area contributed by atoms with Gasteiger partial charge in [0.15, 0.2) is 6.29 Å². The molecule has 0 aliphatic carbocycles. The second-order valence-electron chi connectivity index (χ2n) is 5.31. The van der Waals surface area contributed by atoms with E-state index < -0.39 is 5.97 Å². The SMILES string of the molecule is COc1c(C)c2c(c(O)c1C/C=C(\C)CC[C]=O)C(=O)OC2. The van der Waals surface area contributed by atoms with Gasteiger partial charge in [-0.1, -0.05) is 11.6 Å². The van der Waals surface area contributed by atoms with Crippen LogP contribution in [-0.2, 0) is 22.6 Å². The second kappa shape index (κ2) is 6.64. The first-order chi connectivity index (χ1) is 10.5. The largest absolute Gasteiger partial charge is 0.507 e. The van der Waals surface area contributed by atoms with Gasteiger partial charge in [0, 0.05) is 17.5 Å². The predicted octanol–water partition coefficient (Wildman–Crippen LogP) is 2.76. The first-order valence-electron chi connectivity index (χ1n) is 7.10. The van der Waals surface area contributed by atoms with E-state index in [1.165, 1.54) is 7.11 Å². The normalized spacial score (nSPS) is 13.8. The number of cyclic esters (lactones) is 1. The molecule has 1 aliphatic heterocycles. The summed E-state index contributed by atoms with van der Waals surface area (Å²) in [7, 11) is 1.53. The molecule has 2 rings (SSSR count). The Morgan fingerprint density at radius 3 is 2.86 bits per heavy atom. The summed E-state index contributed by atoms with van der Waals surface area (Å²) in [6.45, 7) is 3.92. The van der Waals surface area contributed by atoms with E-state index in [-0.39, 0.29) is 17.9 Å². The average Bonchev–Trinajstić information content (AvgIpc) is 2.89. The van der Waals surface area contributed by atoms with Crippen LogP contribution in [0.25, 0.3) is 0 Å². The summed E-state index contributed by atoms with van der Waals surface area (Å²) in [5, 5.41) is 10.4. The van der Waals surface area contributed by atoms with Crippen LogP contribution >= 0.6 is 0 Å². The summed E-state index contributed by atoms with van der Waals surface area (Å²) in [5.74, 6) is -0.0118. The van der Waals surface area contributed by atoms with Crippen LogP contribution < -0.4 is 4.74 Å². The molecule has 0 bridgehead atoms. The second-order valence-corrected chi connectivity index (χ2v) is 5.31. The number of allylic oxidation sites excluding steroid dienone is 2. The van der Waals surface area contributed by atoms with Crippen molar-refractivity contribution in [2.45, 2.75) is 39.7 Å². The van der Waals surface area contributed by atoms with E-state index in [1.807, 2.05) is 26.2 Å². The van der Waals surface area contributed by atoms with Crippen LogP contribution in [-0.4, -0.2) is 24.5 Å². The Bertz CT molecular complexity index is 643. The quantitative estimate of drug-likeness (QED) is 0.646. The van der Waals surface area contributed by atoms with E-state index in [0.29, 0.717) is 36.1 Å². The Hall–Kier alpha value is -2.30. The maximum absolute atomic E-state index is 11.8. The number of phenolic OH excluding ortho intramolecular Hbond substituents is 1. The zero-order valence-electron chi connectivity index (χ0n) is 13.0. The molecule has 5 heteroatoms. The standard InChI is InChI=1S/C17H19O5/c1-10(5-4-8-18)6-7-12-15(19)14-13(9-22-17(14)20)11(2)16(12)21-3/h6,19H,4-5,7,9H2,1-3H3/b10-6+. The van der Waals surface area contributed by atoms with Gasteiger partial charge in [0.05, 0.1) is 7.11 Å². The minimum atomic E-state index is -0.504. The molecule has 117 valence electrons. The van der Waals surface area contributed by atoms with Crippen LogP contribution in [0, 0.1) is 6.92 Å². The lowest BCUT2D eigenvalue weighted by molar-refractivity contribution is 0.0533. The van der Waals surface area contributed by atoms with Crippen LogP contribution in [0.2, 0.25) is 0 Å². The third-order valence-corrected chi connectivity index (χ3v) is 3.92. The van der Waals surface area contributed by atoms with Crippen molar-refractivity contribution in [1.29, 1.82) is 0 Å². The predicted molar refractivity (Wildman–Crippen MR) is 80.9 cm³/mol. The van der Waals surface area contributed by atoms with Gasteiger partial charge >= 0.3 is 5.97 Å². The van der Waals surface area contributed by atoms with E-state index in [9.17, 15) is 14.7 Å². The zero-order valence-corrected chi connectivity index (χ0v) is 13.0. The number of ether oxygens (including phenoxy) is 2. The number of aromatic hydroxyl groups is 1. The summed E-state index contributed by atoms with van der Waals surface area (Å²) in [6, 6.07) is 0. The van der Waals surface area contributed by atoms with E-state index in [1.54, 1.807) is 0 Å². The van der Waals surface area contributed by atoms with Crippen LogP contribution in [0.1, 0.15) is 46.8 Å². The Balaban J connectivity index is 2.43. The number of benzene rings is 1. The van der Waals surface area contributed by atoms with Crippen LogP contribution in [0.4, 0.5) is 0 Å². The van der Waals surface area contributed by atoms with Crippen molar-refractivity contribution in [2.75, 3.05) is 7.11 Å². The lowest BCUT2D eigenvalue weighted by Gasteiger charge is -2.15. The van der Waals surface area contributed by atoms with Gasteiger partial charge in [-0.25, -0.2) is 4.79 Å². The summed E-state index contributed by atoms with van der Waals surface area (Å²) in [6.07, 6.45) is 5.16. The molecule has 0 saturated heterocycles. The van der Waals surface area contributed by atoms with Crippen molar-refractivity contribution < 1.29 is 24.2 Å². The fraction of sp³-hybridized carbons (Fsp3) is 0.412. The molecule has 1 heterocycles. The third kappa shape index (κ3) is 2.84. The number of hydrogen-bond donors (Lipinski definition) is 1. The molecule has 0 aromatic heterocycles. The van der Waals surface area contributed by atoms with Crippen molar-refractivity contribution in [1.82, 2.24) is 0 Å². The number of fused-ring (bicyclic) bond motifs is 1. The topological polar surface area (TPSA) is 72.8 Å². The number of carbonyl (C=O) groups excluding carboxylic acids is 2. The lowest BCUT2D eigenvalue weighted by atomic mass is 9.94. The highest BCUT2D eigenvalue weighted by Crippen LogP contribution is 2.41. The van der Waals surface area contributed by atoms with Gasteiger partial charge < -0.3 is 14.6 Å². The van der Waals surface area contributed by atoms with Crippen molar-refractivity contribution in [2.24, 2.45) is 0 Å². The third-order valence-electron chi connectivity index (χ3n) is 3.92. The molecule has 5 nitrogen and oxygen atoms in total. The number of hydrogen-bond acceptors (Lipinski definition) is 5. The number of carbonyl (C=O) groups is 1. The lowest BCUT2D eigenvalue weighted by Crippen LogP contribution is -2.03. The Morgan fingerprint density at radius 2 is 2.23 bits per heavy atom. The van der Waals surface area contributed by atoms with Gasteiger partial charge in [-0.05, 0) is 32.3 Å². The Labute approximate surface area is 129 Å². The molecule has 0 spiro atoms. The minimum absolute atomic E-state index is 0.0778. The van der Waals surface area contributed by atoms with Gasteiger partial charge in [-0.3, -0.25) is 4.79 Å².